The van der Waals surface area contributed by atoms with Crippen molar-refractivity contribution in [2.24, 2.45) is 5.92 Å². The van der Waals surface area contributed by atoms with E-state index in [1.165, 1.54) is 44.9 Å². The summed E-state index contributed by atoms with van der Waals surface area (Å²) < 4.78 is 5.50. The van der Waals surface area contributed by atoms with Gasteiger partial charge in [-0.05, 0) is 31.6 Å². The van der Waals surface area contributed by atoms with Gasteiger partial charge in [-0.3, -0.25) is 0 Å². The van der Waals surface area contributed by atoms with Crippen molar-refractivity contribution in [3.8, 4) is 0 Å². The molecule has 0 radical (unpaired) electrons. The molecule has 1 aliphatic carbocycles. The van der Waals surface area contributed by atoms with Gasteiger partial charge in [0.1, 0.15) is 0 Å². The van der Waals surface area contributed by atoms with Crippen molar-refractivity contribution in [2.75, 3.05) is 19.8 Å². The first kappa shape index (κ1) is 12.3. The molecule has 0 aromatic rings. The Morgan fingerprint density at radius 1 is 1.06 bits per heavy atom. The molecule has 0 amide bonds. The van der Waals surface area contributed by atoms with Gasteiger partial charge in [0.2, 0.25) is 0 Å². The predicted octanol–water partition coefficient (Wildman–Crippen LogP) is 1.70. The van der Waals surface area contributed by atoms with Crippen LogP contribution >= 0.6 is 0 Å². The van der Waals surface area contributed by atoms with Crippen LogP contribution in [-0.4, -0.2) is 37.0 Å². The Bertz CT molecular complexity index is 192. The van der Waals surface area contributed by atoms with E-state index in [1.807, 2.05) is 0 Å². The predicted molar refractivity (Wildman–Crippen MR) is 64.4 cm³/mol. The molecule has 1 saturated carbocycles. The van der Waals surface area contributed by atoms with E-state index in [-0.39, 0.29) is 0 Å². The molecule has 1 heterocycles. The molecule has 2 N–H and O–H groups in total. The molecule has 3 nitrogen and oxygen atoms in total. The number of ether oxygens (including phenoxy) is 1. The van der Waals surface area contributed by atoms with Crippen molar-refractivity contribution < 1.29 is 9.84 Å². The number of aliphatic hydroxyl groups is 1. The van der Waals surface area contributed by atoms with Gasteiger partial charge in [-0.15, -0.1) is 0 Å². The molecule has 1 saturated heterocycles. The molecule has 0 bridgehead atoms. The van der Waals surface area contributed by atoms with Gasteiger partial charge in [-0.1, -0.05) is 19.3 Å². The first-order valence-corrected chi connectivity index (χ1v) is 6.85. The Morgan fingerprint density at radius 3 is 2.69 bits per heavy atom. The van der Waals surface area contributed by atoms with Crippen LogP contribution in [0.15, 0.2) is 0 Å². The summed E-state index contributed by atoms with van der Waals surface area (Å²) in [6, 6.07) is 1.03. The molecule has 3 atom stereocenters. The molecule has 0 aromatic carbocycles. The fraction of sp³-hybridized carbons (Fsp3) is 1.00. The van der Waals surface area contributed by atoms with E-state index in [0.717, 1.165) is 13.2 Å². The van der Waals surface area contributed by atoms with Crippen molar-refractivity contribution in [1.82, 2.24) is 5.32 Å². The maximum absolute atomic E-state index is 9.44. The molecule has 3 heteroatoms. The summed E-state index contributed by atoms with van der Waals surface area (Å²) in [6.45, 7) is 2.12. The average Bonchev–Trinajstić information content (AvgIpc) is 2.55. The highest BCUT2D eigenvalue weighted by Gasteiger charge is 2.26. The summed E-state index contributed by atoms with van der Waals surface area (Å²) in [5.41, 5.74) is 0. The van der Waals surface area contributed by atoms with Gasteiger partial charge < -0.3 is 15.2 Å². The lowest BCUT2D eigenvalue weighted by Gasteiger charge is -2.31. The minimum absolute atomic E-state index is 0.339. The number of rotatable bonds is 3. The fourth-order valence-corrected chi connectivity index (χ4v) is 3.00. The molecule has 3 unspecified atom stereocenters. The maximum Gasteiger partial charge on any atom is 0.0619 e. The SMILES string of the molecule is OCC1CCCCCC1NC1CCCOC1. The van der Waals surface area contributed by atoms with E-state index in [9.17, 15) is 5.11 Å². The van der Waals surface area contributed by atoms with Crippen LogP contribution in [0.2, 0.25) is 0 Å². The summed E-state index contributed by atoms with van der Waals surface area (Å²) in [5, 5.41) is 13.2. The monoisotopic (exact) mass is 227 g/mol. The number of nitrogens with one attached hydrogen (secondary N) is 1. The molecule has 2 aliphatic rings. The second-order valence-electron chi connectivity index (χ2n) is 5.27. The molecule has 1 aliphatic heterocycles. The van der Waals surface area contributed by atoms with Gasteiger partial charge in [0.05, 0.1) is 6.61 Å². The van der Waals surface area contributed by atoms with Crippen molar-refractivity contribution >= 4 is 0 Å². The molecular weight excluding hydrogens is 202 g/mol. The second kappa shape index (κ2) is 6.58. The van der Waals surface area contributed by atoms with E-state index in [1.54, 1.807) is 0 Å². The van der Waals surface area contributed by atoms with E-state index in [4.69, 9.17) is 4.74 Å². The van der Waals surface area contributed by atoms with Crippen molar-refractivity contribution in [3.63, 3.8) is 0 Å². The van der Waals surface area contributed by atoms with Crippen LogP contribution in [0.3, 0.4) is 0 Å². The Morgan fingerprint density at radius 2 is 1.94 bits per heavy atom. The molecule has 0 spiro atoms. The van der Waals surface area contributed by atoms with Crippen LogP contribution in [0.4, 0.5) is 0 Å². The van der Waals surface area contributed by atoms with E-state index < -0.39 is 0 Å². The van der Waals surface area contributed by atoms with Crippen LogP contribution in [0.25, 0.3) is 0 Å². The van der Waals surface area contributed by atoms with Crippen LogP contribution < -0.4 is 5.32 Å². The van der Waals surface area contributed by atoms with Crippen LogP contribution in [0.5, 0.6) is 0 Å². The maximum atomic E-state index is 9.44. The van der Waals surface area contributed by atoms with Gasteiger partial charge in [0, 0.05) is 25.3 Å². The lowest BCUT2D eigenvalue weighted by Crippen LogP contribution is -2.47. The summed E-state index contributed by atoms with van der Waals surface area (Å²) in [5.74, 6) is 0.462. The lowest BCUT2D eigenvalue weighted by atomic mass is 9.94. The van der Waals surface area contributed by atoms with Gasteiger partial charge >= 0.3 is 0 Å². The minimum atomic E-state index is 0.339. The topological polar surface area (TPSA) is 41.5 Å². The zero-order chi connectivity index (χ0) is 11.2. The Balaban J connectivity index is 1.83. The third-order valence-electron chi connectivity index (χ3n) is 4.00. The number of aliphatic hydroxyl groups excluding tert-OH is 1. The van der Waals surface area contributed by atoms with E-state index in [2.05, 4.69) is 5.32 Å². The highest BCUT2D eigenvalue weighted by atomic mass is 16.5. The number of hydrogen-bond acceptors (Lipinski definition) is 3. The highest BCUT2D eigenvalue weighted by Crippen LogP contribution is 2.24. The normalized spacial score (nSPS) is 36.9. The van der Waals surface area contributed by atoms with Crippen molar-refractivity contribution in [2.45, 2.75) is 57.0 Å². The largest absolute Gasteiger partial charge is 0.396 e. The Labute approximate surface area is 98.6 Å². The molecule has 16 heavy (non-hydrogen) atoms. The van der Waals surface area contributed by atoms with E-state index >= 15 is 0 Å². The second-order valence-corrected chi connectivity index (χ2v) is 5.27. The van der Waals surface area contributed by atoms with Gasteiger partial charge in [-0.2, -0.15) is 0 Å². The lowest BCUT2D eigenvalue weighted by molar-refractivity contribution is 0.0588. The number of hydrogen-bond donors (Lipinski definition) is 2. The van der Waals surface area contributed by atoms with Crippen LogP contribution in [0, 0.1) is 5.92 Å². The zero-order valence-electron chi connectivity index (χ0n) is 10.2. The highest BCUT2D eigenvalue weighted by molar-refractivity contribution is 4.83. The molecule has 94 valence electrons. The Hall–Kier alpha value is -0.120. The van der Waals surface area contributed by atoms with Gasteiger partial charge in [-0.25, -0.2) is 0 Å². The van der Waals surface area contributed by atoms with Gasteiger partial charge in [0.15, 0.2) is 0 Å². The molecular formula is C13H25NO2. The summed E-state index contributed by atoms with van der Waals surface area (Å²) in [6.07, 6.45) is 8.73. The molecule has 2 rings (SSSR count). The fourth-order valence-electron chi connectivity index (χ4n) is 3.00. The zero-order valence-corrected chi connectivity index (χ0v) is 10.2. The van der Waals surface area contributed by atoms with Crippen molar-refractivity contribution in [3.05, 3.63) is 0 Å². The van der Waals surface area contributed by atoms with Crippen molar-refractivity contribution in [1.29, 1.82) is 0 Å². The standard InChI is InChI=1S/C13H25NO2/c15-9-11-5-2-1-3-7-13(11)14-12-6-4-8-16-10-12/h11-15H,1-10H2. The third-order valence-corrected chi connectivity index (χ3v) is 4.00. The van der Waals surface area contributed by atoms with Crippen LogP contribution in [-0.2, 0) is 4.74 Å². The summed E-state index contributed by atoms with van der Waals surface area (Å²) in [7, 11) is 0. The molecule has 0 aromatic heterocycles. The third kappa shape index (κ3) is 3.44. The van der Waals surface area contributed by atoms with Gasteiger partial charge in [0.25, 0.3) is 0 Å². The smallest absolute Gasteiger partial charge is 0.0619 e. The summed E-state index contributed by atoms with van der Waals surface area (Å²) >= 11 is 0. The van der Waals surface area contributed by atoms with Crippen LogP contribution in [0.1, 0.15) is 44.9 Å². The average molecular weight is 227 g/mol. The Kier molecular flexibility index (Phi) is 5.07. The quantitative estimate of drug-likeness (QED) is 0.721. The minimum Gasteiger partial charge on any atom is -0.396 e. The molecule has 2 fully saturated rings. The van der Waals surface area contributed by atoms with E-state index in [0.29, 0.717) is 24.6 Å². The summed E-state index contributed by atoms with van der Waals surface area (Å²) in [4.78, 5) is 0. The first-order chi connectivity index (χ1) is 7.90. The first-order valence-electron chi connectivity index (χ1n) is 6.85.